The lowest BCUT2D eigenvalue weighted by molar-refractivity contribution is 0.581. The molecule has 0 bridgehead atoms. The fraction of sp³-hybridized carbons (Fsp3) is 0.0769. The standard InChI is InChI=1S/C13H13N3O2S2/c14-13(19)11-1-3-12(4-2-11)20(17,18)16-9-10-5-7-15-8-6-10/h1-8,16H,9H2,(H2,14,19). The molecule has 0 saturated carbocycles. The molecular formula is C13H13N3O2S2. The third-order valence-corrected chi connectivity index (χ3v) is 4.32. The van der Waals surface area contributed by atoms with Crippen LogP contribution in [0.1, 0.15) is 11.1 Å². The van der Waals surface area contributed by atoms with Gasteiger partial charge in [0.1, 0.15) is 4.99 Å². The topological polar surface area (TPSA) is 85.1 Å². The fourth-order valence-corrected chi connectivity index (χ4v) is 2.71. The maximum atomic E-state index is 12.1. The molecule has 0 atom stereocenters. The zero-order chi connectivity index (χ0) is 14.6. The average molecular weight is 307 g/mol. The molecule has 1 aromatic heterocycles. The van der Waals surface area contributed by atoms with Gasteiger partial charge in [0, 0.05) is 24.5 Å². The SMILES string of the molecule is NC(=S)c1ccc(S(=O)(=O)NCc2ccncc2)cc1. The van der Waals surface area contributed by atoms with Crippen LogP contribution in [-0.2, 0) is 16.6 Å². The summed E-state index contributed by atoms with van der Waals surface area (Å²) in [6, 6.07) is 9.62. The molecule has 0 aliphatic rings. The number of nitrogens with two attached hydrogens (primary N) is 1. The van der Waals surface area contributed by atoms with Gasteiger partial charge in [-0.05, 0) is 29.8 Å². The van der Waals surface area contributed by atoms with Crippen molar-refractivity contribution in [3.8, 4) is 0 Å². The van der Waals surface area contributed by atoms with Crippen molar-refractivity contribution >= 4 is 27.2 Å². The summed E-state index contributed by atoms with van der Waals surface area (Å²) < 4.78 is 26.7. The highest BCUT2D eigenvalue weighted by atomic mass is 32.2. The van der Waals surface area contributed by atoms with E-state index in [9.17, 15) is 8.42 Å². The van der Waals surface area contributed by atoms with E-state index in [-0.39, 0.29) is 16.4 Å². The molecule has 104 valence electrons. The number of hydrogen-bond acceptors (Lipinski definition) is 4. The van der Waals surface area contributed by atoms with Gasteiger partial charge in [-0.25, -0.2) is 13.1 Å². The first-order valence-corrected chi connectivity index (χ1v) is 7.66. The number of benzene rings is 1. The van der Waals surface area contributed by atoms with Gasteiger partial charge in [0.25, 0.3) is 0 Å². The van der Waals surface area contributed by atoms with Crippen LogP contribution in [0.15, 0.2) is 53.7 Å². The molecule has 2 aromatic rings. The minimum atomic E-state index is -3.56. The zero-order valence-electron chi connectivity index (χ0n) is 10.5. The minimum Gasteiger partial charge on any atom is -0.389 e. The second kappa shape index (κ2) is 6.08. The lowest BCUT2D eigenvalue weighted by atomic mass is 10.2. The van der Waals surface area contributed by atoms with Crippen molar-refractivity contribution in [2.45, 2.75) is 11.4 Å². The third kappa shape index (κ3) is 3.60. The molecule has 0 fully saturated rings. The highest BCUT2D eigenvalue weighted by Gasteiger charge is 2.13. The molecule has 5 nitrogen and oxygen atoms in total. The van der Waals surface area contributed by atoms with Gasteiger partial charge in [0.05, 0.1) is 4.90 Å². The van der Waals surface area contributed by atoms with Gasteiger partial charge in [-0.2, -0.15) is 0 Å². The van der Waals surface area contributed by atoms with E-state index in [0.717, 1.165) is 5.56 Å². The van der Waals surface area contributed by atoms with Gasteiger partial charge in [0.15, 0.2) is 0 Å². The van der Waals surface area contributed by atoms with Crippen molar-refractivity contribution in [2.24, 2.45) is 5.73 Å². The van der Waals surface area contributed by atoms with Crippen molar-refractivity contribution in [3.63, 3.8) is 0 Å². The Bertz CT molecular complexity index is 698. The summed E-state index contributed by atoms with van der Waals surface area (Å²) in [5.41, 5.74) is 6.94. The van der Waals surface area contributed by atoms with E-state index in [4.69, 9.17) is 18.0 Å². The van der Waals surface area contributed by atoms with Crippen LogP contribution >= 0.6 is 12.2 Å². The van der Waals surface area contributed by atoms with E-state index < -0.39 is 10.0 Å². The van der Waals surface area contributed by atoms with E-state index in [2.05, 4.69) is 9.71 Å². The van der Waals surface area contributed by atoms with Crippen LogP contribution in [0, 0.1) is 0 Å². The van der Waals surface area contributed by atoms with Crippen molar-refractivity contribution in [3.05, 3.63) is 59.9 Å². The van der Waals surface area contributed by atoms with Gasteiger partial charge in [-0.3, -0.25) is 4.98 Å². The number of thiocarbonyl (C=S) groups is 1. The highest BCUT2D eigenvalue weighted by Crippen LogP contribution is 2.11. The molecule has 0 unspecified atom stereocenters. The Morgan fingerprint density at radius 2 is 1.75 bits per heavy atom. The van der Waals surface area contributed by atoms with E-state index in [0.29, 0.717) is 5.56 Å². The maximum Gasteiger partial charge on any atom is 0.240 e. The lowest BCUT2D eigenvalue weighted by Gasteiger charge is -2.07. The Labute approximate surface area is 122 Å². The maximum absolute atomic E-state index is 12.1. The fourth-order valence-electron chi connectivity index (χ4n) is 1.56. The van der Waals surface area contributed by atoms with Crippen LogP contribution in [0.3, 0.4) is 0 Å². The zero-order valence-corrected chi connectivity index (χ0v) is 12.1. The Hall–Kier alpha value is -1.83. The number of pyridine rings is 1. The minimum absolute atomic E-state index is 0.173. The smallest absolute Gasteiger partial charge is 0.240 e. The molecule has 7 heteroatoms. The molecule has 0 amide bonds. The number of nitrogens with one attached hydrogen (secondary N) is 1. The summed E-state index contributed by atoms with van der Waals surface area (Å²) in [5.74, 6) is 0. The first-order valence-electron chi connectivity index (χ1n) is 5.77. The predicted octanol–water partition coefficient (Wildman–Crippen LogP) is 1.19. The predicted molar refractivity (Wildman–Crippen MR) is 80.6 cm³/mol. The largest absolute Gasteiger partial charge is 0.389 e. The van der Waals surface area contributed by atoms with Crippen LogP contribution in [-0.4, -0.2) is 18.4 Å². The Morgan fingerprint density at radius 3 is 2.30 bits per heavy atom. The average Bonchev–Trinajstić information content (AvgIpc) is 2.46. The first-order chi connectivity index (χ1) is 9.49. The van der Waals surface area contributed by atoms with Crippen molar-refractivity contribution < 1.29 is 8.42 Å². The summed E-state index contributed by atoms with van der Waals surface area (Å²) in [5, 5.41) is 0. The van der Waals surface area contributed by atoms with Gasteiger partial charge in [0.2, 0.25) is 10.0 Å². The molecule has 0 spiro atoms. The number of sulfonamides is 1. The molecule has 0 aliphatic heterocycles. The number of rotatable bonds is 5. The van der Waals surface area contributed by atoms with Gasteiger partial charge in [-0.15, -0.1) is 0 Å². The van der Waals surface area contributed by atoms with E-state index >= 15 is 0 Å². The molecule has 20 heavy (non-hydrogen) atoms. The first kappa shape index (κ1) is 14.6. The number of hydrogen-bond donors (Lipinski definition) is 2. The summed E-state index contributed by atoms with van der Waals surface area (Å²) in [6.07, 6.45) is 3.22. The molecular weight excluding hydrogens is 294 g/mol. The molecule has 1 aromatic carbocycles. The molecule has 2 rings (SSSR count). The second-order valence-electron chi connectivity index (χ2n) is 4.07. The van der Waals surface area contributed by atoms with Crippen LogP contribution in [0.4, 0.5) is 0 Å². The molecule has 3 N–H and O–H groups in total. The van der Waals surface area contributed by atoms with Crippen LogP contribution in [0.5, 0.6) is 0 Å². The van der Waals surface area contributed by atoms with E-state index in [1.807, 2.05) is 0 Å². The van der Waals surface area contributed by atoms with Gasteiger partial charge in [-0.1, -0.05) is 24.4 Å². The van der Waals surface area contributed by atoms with Crippen LogP contribution in [0.2, 0.25) is 0 Å². The molecule has 0 aliphatic carbocycles. The van der Waals surface area contributed by atoms with Crippen LogP contribution < -0.4 is 10.5 Å². The summed E-state index contributed by atoms with van der Waals surface area (Å²) >= 11 is 4.82. The summed E-state index contributed by atoms with van der Waals surface area (Å²) in [6.45, 7) is 0.210. The molecule has 0 saturated heterocycles. The lowest BCUT2D eigenvalue weighted by Crippen LogP contribution is -2.23. The molecule has 1 heterocycles. The summed E-state index contributed by atoms with van der Waals surface area (Å²) in [4.78, 5) is 4.28. The van der Waals surface area contributed by atoms with Gasteiger partial charge >= 0.3 is 0 Å². The molecule has 0 radical (unpaired) electrons. The van der Waals surface area contributed by atoms with Gasteiger partial charge < -0.3 is 5.73 Å². The quantitative estimate of drug-likeness (QED) is 0.811. The van der Waals surface area contributed by atoms with Crippen molar-refractivity contribution in [1.29, 1.82) is 0 Å². The number of aromatic nitrogens is 1. The Kier molecular flexibility index (Phi) is 4.43. The van der Waals surface area contributed by atoms with E-state index in [1.165, 1.54) is 12.1 Å². The van der Waals surface area contributed by atoms with Crippen molar-refractivity contribution in [1.82, 2.24) is 9.71 Å². The van der Waals surface area contributed by atoms with E-state index in [1.54, 1.807) is 36.7 Å². The van der Waals surface area contributed by atoms with Crippen LogP contribution in [0.25, 0.3) is 0 Å². The highest BCUT2D eigenvalue weighted by molar-refractivity contribution is 7.89. The normalized spacial score (nSPS) is 11.2. The Balaban J connectivity index is 2.12. The third-order valence-electron chi connectivity index (χ3n) is 2.66. The second-order valence-corrected chi connectivity index (χ2v) is 6.28. The summed E-state index contributed by atoms with van der Waals surface area (Å²) in [7, 11) is -3.56. The Morgan fingerprint density at radius 1 is 1.15 bits per heavy atom. The monoisotopic (exact) mass is 307 g/mol. The van der Waals surface area contributed by atoms with Crippen molar-refractivity contribution in [2.75, 3.05) is 0 Å². The number of nitrogens with zero attached hydrogens (tertiary/aromatic N) is 1.